The molecule has 0 atom stereocenters. The average Bonchev–Trinajstić information content (AvgIpc) is 2.60. The second kappa shape index (κ2) is 3.91. The Hall–Kier alpha value is -1.77. The molecule has 1 heterocycles. The summed E-state index contributed by atoms with van der Waals surface area (Å²) in [4.78, 5) is 0. The van der Waals surface area contributed by atoms with E-state index in [1.54, 1.807) is 0 Å². The molecule has 3 nitrogen and oxygen atoms in total. The molecule has 0 aliphatic heterocycles. The number of benzene rings is 1. The second-order valence-corrected chi connectivity index (χ2v) is 5.35. The SMILES string of the molecule is Cc1ccccc1-c1cc(N)nn1C(C)(C)C. The number of hydrogen-bond acceptors (Lipinski definition) is 2. The Morgan fingerprint density at radius 2 is 1.82 bits per heavy atom. The highest BCUT2D eigenvalue weighted by Crippen LogP contribution is 2.29. The van der Waals surface area contributed by atoms with E-state index in [0.717, 1.165) is 5.69 Å². The summed E-state index contributed by atoms with van der Waals surface area (Å²) in [5.74, 6) is 0.568. The van der Waals surface area contributed by atoms with E-state index in [1.165, 1.54) is 11.1 Å². The van der Waals surface area contributed by atoms with E-state index in [1.807, 2.05) is 22.9 Å². The maximum atomic E-state index is 5.83. The fourth-order valence-electron chi connectivity index (χ4n) is 1.96. The maximum absolute atomic E-state index is 5.83. The van der Waals surface area contributed by atoms with E-state index in [0.29, 0.717) is 5.82 Å². The number of aromatic nitrogens is 2. The van der Waals surface area contributed by atoms with Crippen molar-refractivity contribution in [3.63, 3.8) is 0 Å². The predicted molar refractivity (Wildman–Crippen MR) is 71.8 cm³/mol. The first-order chi connectivity index (χ1) is 7.89. The summed E-state index contributed by atoms with van der Waals surface area (Å²) in [7, 11) is 0. The normalized spacial score (nSPS) is 11.8. The number of nitrogens with two attached hydrogens (primary N) is 1. The molecule has 1 aromatic heterocycles. The third-order valence-electron chi connectivity index (χ3n) is 2.78. The van der Waals surface area contributed by atoms with Crippen molar-refractivity contribution in [3.05, 3.63) is 35.9 Å². The zero-order chi connectivity index (χ0) is 12.6. The molecule has 0 saturated carbocycles. The van der Waals surface area contributed by atoms with Crippen LogP contribution < -0.4 is 5.73 Å². The Kier molecular flexibility index (Phi) is 2.69. The smallest absolute Gasteiger partial charge is 0.146 e. The fourth-order valence-corrected chi connectivity index (χ4v) is 1.96. The molecule has 0 saturated heterocycles. The molecular formula is C14H19N3. The molecule has 0 aliphatic rings. The first-order valence-corrected chi connectivity index (χ1v) is 5.81. The molecule has 0 spiro atoms. The average molecular weight is 229 g/mol. The molecule has 2 N–H and O–H groups in total. The number of hydrogen-bond donors (Lipinski definition) is 1. The van der Waals surface area contributed by atoms with Crippen molar-refractivity contribution >= 4 is 5.82 Å². The Morgan fingerprint density at radius 3 is 2.41 bits per heavy atom. The minimum absolute atomic E-state index is 0.0742. The van der Waals surface area contributed by atoms with E-state index in [-0.39, 0.29) is 5.54 Å². The van der Waals surface area contributed by atoms with Crippen LogP contribution in [0.5, 0.6) is 0 Å². The van der Waals surface area contributed by atoms with Gasteiger partial charge in [0.05, 0.1) is 11.2 Å². The first kappa shape index (κ1) is 11.7. The molecule has 0 fully saturated rings. The molecule has 0 amide bonds. The van der Waals surface area contributed by atoms with Crippen molar-refractivity contribution < 1.29 is 0 Å². The third-order valence-corrected chi connectivity index (χ3v) is 2.78. The highest BCUT2D eigenvalue weighted by molar-refractivity contribution is 5.66. The molecule has 1 aromatic carbocycles. The van der Waals surface area contributed by atoms with Crippen molar-refractivity contribution in [2.24, 2.45) is 0 Å². The summed E-state index contributed by atoms with van der Waals surface area (Å²) in [6.45, 7) is 8.48. The van der Waals surface area contributed by atoms with E-state index in [2.05, 4.69) is 44.9 Å². The third kappa shape index (κ3) is 2.18. The molecule has 2 aromatic rings. The largest absolute Gasteiger partial charge is 0.382 e. The highest BCUT2D eigenvalue weighted by atomic mass is 15.3. The van der Waals surface area contributed by atoms with Crippen molar-refractivity contribution in [1.29, 1.82) is 0 Å². The predicted octanol–water partition coefficient (Wildman–Crippen LogP) is 3.20. The maximum Gasteiger partial charge on any atom is 0.146 e. The van der Waals surface area contributed by atoms with Gasteiger partial charge in [0.25, 0.3) is 0 Å². The van der Waals surface area contributed by atoms with Crippen LogP contribution >= 0.6 is 0 Å². The van der Waals surface area contributed by atoms with Gasteiger partial charge >= 0.3 is 0 Å². The summed E-state index contributed by atoms with van der Waals surface area (Å²) < 4.78 is 1.99. The van der Waals surface area contributed by atoms with Gasteiger partial charge in [0.1, 0.15) is 5.82 Å². The van der Waals surface area contributed by atoms with Crippen LogP contribution in [-0.2, 0) is 5.54 Å². The summed E-state index contributed by atoms with van der Waals surface area (Å²) in [6.07, 6.45) is 0. The topological polar surface area (TPSA) is 43.8 Å². The Morgan fingerprint density at radius 1 is 1.18 bits per heavy atom. The van der Waals surface area contributed by atoms with Gasteiger partial charge in [0.2, 0.25) is 0 Å². The molecule has 0 aliphatic carbocycles. The highest BCUT2D eigenvalue weighted by Gasteiger charge is 2.20. The fraction of sp³-hybridized carbons (Fsp3) is 0.357. The van der Waals surface area contributed by atoms with Crippen LogP contribution in [0.4, 0.5) is 5.82 Å². The number of nitrogens with zero attached hydrogens (tertiary/aromatic N) is 2. The molecule has 0 radical (unpaired) electrons. The lowest BCUT2D eigenvalue weighted by Gasteiger charge is -2.22. The molecule has 0 bridgehead atoms. The van der Waals surface area contributed by atoms with Crippen LogP contribution in [0.2, 0.25) is 0 Å². The van der Waals surface area contributed by atoms with Gasteiger partial charge in [-0.25, -0.2) is 0 Å². The van der Waals surface area contributed by atoms with Crippen LogP contribution in [0.15, 0.2) is 30.3 Å². The van der Waals surface area contributed by atoms with Crippen LogP contribution in [0.3, 0.4) is 0 Å². The van der Waals surface area contributed by atoms with Crippen LogP contribution in [0, 0.1) is 6.92 Å². The summed E-state index contributed by atoms with van der Waals surface area (Å²) >= 11 is 0. The van der Waals surface area contributed by atoms with Gasteiger partial charge in [0, 0.05) is 11.6 Å². The zero-order valence-electron chi connectivity index (χ0n) is 10.9. The molecule has 90 valence electrons. The molecule has 2 rings (SSSR count). The van der Waals surface area contributed by atoms with Gasteiger partial charge < -0.3 is 5.73 Å². The van der Waals surface area contributed by atoms with E-state index in [4.69, 9.17) is 5.73 Å². The number of nitrogen functional groups attached to an aromatic ring is 1. The molecule has 3 heteroatoms. The first-order valence-electron chi connectivity index (χ1n) is 5.81. The van der Waals surface area contributed by atoms with Gasteiger partial charge in [-0.3, -0.25) is 4.68 Å². The van der Waals surface area contributed by atoms with Crippen molar-refractivity contribution in [2.75, 3.05) is 5.73 Å². The summed E-state index contributed by atoms with van der Waals surface area (Å²) in [6, 6.07) is 10.2. The van der Waals surface area contributed by atoms with Crippen molar-refractivity contribution in [2.45, 2.75) is 33.2 Å². The molecular weight excluding hydrogens is 210 g/mol. The minimum Gasteiger partial charge on any atom is -0.382 e. The molecule has 17 heavy (non-hydrogen) atoms. The Labute approximate surface area is 102 Å². The van der Waals surface area contributed by atoms with Gasteiger partial charge in [-0.2, -0.15) is 5.10 Å². The quantitative estimate of drug-likeness (QED) is 0.816. The lowest BCUT2D eigenvalue weighted by atomic mass is 10.0. The lowest BCUT2D eigenvalue weighted by Crippen LogP contribution is -2.24. The van der Waals surface area contributed by atoms with E-state index >= 15 is 0 Å². The summed E-state index contributed by atoms with van der Waals surface area (Å²) in [5.41, 5.74) is 9.26. The zero-order valence-corrected chi connectivity index (χ0v) is 10.9. The number of anilines is 1. The van der Waals surface area contributed by atoms with Crippen molar-refractivity contribution in [3.8, 4) is 11.3 Å². The van der Waals surface area contributed by atoms with Gasteiger partial charge in [-0.15, -0.1) is 0 Å². The van der Waals surface area contributed by atoms with Crippen molar-refractivity contribution in [1.82, 2.24) is 9.78 Å². The standard InChI is InChI=1S/C14H19N3/c1-10-7-5-6-8-11(10)12-9-13(15)16-17(12)14(2,3)4/h5-9H,1-4H3,(H2,15,16). The Balaban J connectivity index is 2.64. The number of rotatable bonds is 1. The second-order valence-electron chi connectivity index (χ2n) is 5.35. The number of aryl methyl sites for hydroxylation is 1. The van der Waals surface area contributed by atoms with E-state index < -0.39 is 0 Å². The van der Waals surface area contributed by atoms with Gasteiger partial charge in [-0.05, 0) is 33.3 Å². The Bertz CT molecular complexity index is 533. The van der Waals surface area contributed by atoms with E-state index in [9.17, 15) is 0 Å². The lowest BCUT2D eigenvalue weighted by molar-refractivity contribution is 0.361. The van der Waals surface area contributed by atoms with Crippen LogP contribution in [0.25, 0.3) is 11.3 Å². The summed E-state index contributed by atoms with van der Waals surface area (Å²) in [5, 5.41) is 4.39. The van der Waals surface area contributed by atoms with Crippen LogP contribution in [-0.4, -0.2) is 9.78 Å². The molecule has 0 unspecified atom stereocenters. The van der Waals surface area contributed by atoms with Gasteiger partial charge in [-0.1, -0.05) is 24.3 Å². The van der Waals surface area contributed by atoms with Crippen LogP contribution in [0.1, 0.15) is 26.3 Å². The van der Waals surface area contributed by atoms with Gasteiger partial charge in [0.15, 0.2) is 0 Å². The monoisotopic (exact) mass is 229 g/mol. The minimum atomic E-state index is -0.0742.